The molecule has 30 heavy (non-hydrogen) atoms. The number of halogens is 2. The minimum absolute atomic E-state index is 0.158. The first-order chi connectivity index (χ1) is 14.5. The lowest BCUT2D eigenvalue weighted by atomic mass is 10.0. The van der Waals surface area contributed by atoms with E-state index in [0.29, 0.717) is 34.0 Å². The maximum Gasteiger partial charge on any atom is 0.258 e. The van der Waals surface area contributed by atoms with E-state index < -0.39 is 5.82 Å². The SMILES string of the molecule is O=C(c1cccc2c1CCN2)N(CCO)c1ccnc(Cc2cc(F)cc(Cl)c2)c1. The van der Waals surface area contributed by atoms with Gasteiger partial charge in [-0.3, -0.25) is 9.78 Å². The van der Waals surface area contributed by atoms with E-state index in [2.05, 4.69) is 10.3 Å². The van der Waals surface area contributed by atoms with E-state index >= 15 is 0 Å². The predicted molar refractivity (Wildman–Crippen MR) is 116 cm³/mol. The Morgan fingerprint density at radius 2 is 2.10 bits per heavy atom. The summed E-state index contributed by atoms with van der Waals surface area (Å²) >= 11 is 5.95. The molecule has 0 bridgehead atoms. The van der Waals surface area contributed by atoms with Crippen molar-refractivity contribution in [1.29, 1.82) is 0 Å². The van der Waals surface area contributed by atoms with Crippen LogP contribution < -0.4 is 10.2 Å². The maximum absolute atomic E-state index is 13.7. The number of nitrogens with one attached hydrogen (secondary N) is 1. The molecule has 0 radical (unpaired) electrons. The molecule has 0 spiro atoms. The number of carbonyl (C=O) groups is 1. The molecule has 154 valence electrons. The molecule has 0 saturated heterocycles. The van der Waals surface area contributed by atoms with Crippen molar-refractivity contribution in [2.45, 2.75) is 12.8 Å². The Hall–Kier alpha value is -2.96. The number of pyridine rings is 1. The molecule has 3 aromatic rings. The van der Waals surface area contributed by atoms with Gasteiger partial charge in [-0.15, -0.1) is 0 Å². The molecule has 4 rings (SSSR count). The molecule has 2 heterocycles. The van der Waals surface area contributed by atoms with Crippen molar-refractivity contribution in [3.63, 3.8) is 0 Å². The van der Waals surface area contributed by atoms with Gasteiger partial charge in [0.05, 0.1) is 6.61 Å². The number of aliphatic hydroxyl groups is 1. The Balaban J connectivity index is 1.64. The largest absolute Gasteiger partial charge is 0.395 e. The van der Waals surface area contributed by atoms with Gasteiger partial charge in [0, 0.05) is 53.4 Å². The molecule has 2 N–H and O–H groups in total. The lowest BCUT2D eigenvalue weighted by molar-refractivity contribution is 0.0980. The lowest BCUT2D eigenvalue weighted by Crippen LogP contribution is -2.34. The van der Waals surface area contributed by atoms with Crippen molar-refractivity contribution in [1.82, 2.24) is 4.98 Å². The highest BCUT2D eigenvalue weighted by Gasteiger charge is 2.24. The van der Waals surface area contributed by atoms with E-state index in [-0.39, 0.29) is 19.1 Å². The molecule has 7 heteroatoms. The van der Waals surface area contributed by atoms with E-state index in [1.54, 1.807) is 29.3 Å². The van der Waals surface area contributed by atoms with Gasteiger partial charge < -0.3 is 15.3 Å². The third-order valence-corrected chi connectivity index (χ3v) is 5.30. The fourth-order valence-electron chi connectivity index (χ4n) is 3.79. The summed E-state index contributed by atoms with van der Waals surface area (Å²) in [5, 5.41) is 13.2. The standard InChI is InChI=1S/C23H21ClFN3O2/c24-16-10-15(11-17(25)13-16)12-18-14-19(4-6-26-18)28(8-9-29)23(30)21-2-1-3-22-20(21)5-7-27-22/h1-4,6,10-11,13-14,27,29H,5,7-9,12H2. The monoisotopic (exact) mass is 425 g/mol. The normalized spacial score (nSPS) is 12.4. The zero-order chi connectivity index (χ0) is 21.1. The van der Waals surface area contributed by atoms with E-state index in [0.717, 1.165) is 24.2 Å². The second-order valence-corrected chi connectivity index (χ2v) is 7.59. The van der Waals surface area contributed by atoms with Crippen LogP contribution in [0.15, 0.2) is 54.7 Å². The van der Waals surface area contributed by atoms with Crippen LogP contribution in [0.5, 0.6) is 0 Å². The highest BCUT2D eigenvalue weighted by Crippen LogP contribution is 2.28. The minimum atomic E-state index is -0.405. The number of benzene rings is 2. The molecule has 1 aliphatic rings. The van der Waals surface area contributed by atoms with Gasteiger partial charge in [-0.1, -0.05) is 17.7 Å². The van der Waals surface area contributed by atoms with E-state index in [9.17, 15) is 14.3 Å². The van der Waals surface area contributed by atoms with E-state index in [4.69, 9.17) is 11.6 Å². The second-order valence-electron chi connectivity index (χ2n) is 7.15. The van der Waals surface area contributed by atoms with Gasteiger partial charge in [0.1, 0.15) is 5.82 Å². The van der Waals surface area contributed by atoms with Crippen LogP contribution in [-0.4, -0.2) is 35.7 Å². The average Bonchev–Trinajstić information content (AvgIpc) is 3.20. The first kappa shape index (κ1) is 20.3. The molecular formula is C23H21ClFN3O2. The number of fused-ring (bicyclic) bond motifs is 1. The van der Waals surface area contributed by atoms with Crippen molar-refractivity contribution in [3.8, 4) is 0 Å². The first-order valence-electron chi connectivity index (χ1n) is 9.73. The summed E-state index contributed by atoms with van der Waals surface area (Å²) in [6, 6.07) is 13.5. The first-order valence-corrected chi connectivity index (χ1v) is 10.1. The number of amides is 1. The second kappa shape index (κ2) is 8.81. The van der Waals surface area contributed by atoms with Gasteiger partial charge in [0.25, 0.3) is 5.91 Å². The van der Waals surface area contributed by atoms with Crippen LogP contribution >= 0.6 is 11.6 Å². The third-order valence-electron chi connectivity index (χ3n) is 5.09. The number of nitrogens with zero attached hydrogens (tertiary/aromatic N) is 2. The van der Waals surface area contributed by atoms with Gasteiger partial charge in [-0.25, -0.2) is 4.39 Å². The summed E-state index contributed by atoms with van der Waals surface area (Å²) in [6.45, 7) is 0.788. The molecule has 0 aliphatic carbocycles. The fraction of sp³-hybridized carbons (Fsp3) is 0.217. The maximum atomic E-state index is 13.7. The summed E-state index contributed by atoms with van der Waals surface area (Å²) in [7, 11) is 0. The van der Waals surface area contributed by atoms with Crippen molar-refractivity contribution < 1.29 is 14.3 Å². The van der Waals surface area contributed by atoms with Crippen LogP contribution in [0, 0.1) is 5.82 Å². The highest BCUT2D eigenvalue weighted by molar-refractivity contribution is 6.30. The Morgan fingerprint density at radius 1 is 1.23 bits per heavy atom. The van der Waals surface area contributed by atoms with Crippen LogP contribution in [0.1, 0.15) is 27.2 Å². The van der Waals surface area contributed by atoms with Gasteiger partial charge in [-0.05, 0) is 60.0 Å². The summed E-state index contributed by atoms with van der Waals surface area (Å²) < 4.78 is 13.7. The zero-order valence-electron chi connectivity index (χ0n) is 16.2. The van der Waals surface area contributed by atoms with Crippen molar-refractivity contribution >= 4 is 28.9 Å². The molecular weight excluding hydrogens is 405 g/mol. The van der Waals surface area contributed by atoms with Gasteiger partial charge in [0.2, 0.25) is 0 Å². The molecule has 0 unspecified atom stereocenters. The minimum Gasteiger partial charge on any atom is -0.395 e. The van der Waals surface area contributed by atoms with Crippen LogP contribution in [0.25, 0.3) is 0 Å². The molecule has 2 aromatic carbocycles. The summed E-state index contributed by atoms with van der Waals surface area (Å²) in [6.07, 6.45) is 2.77. The number of hydrogen-bond acceptors (Lipinski definition) is 4. The zero-order valence-corrected chi connectivity index (χ0v) is 17.0. The summed E-state index contributed by atoms with van der Waals surface area (Å²) in [4.78, 5) is 19.3. The summed E-state index contributed by atoms with van der Waals surface area (Å²) in [5.74, 6) is -0.576. The topological polar surface area (TPSA) is 65.5 Å². The van der Waals surface area contributed by atoms with Crippen LogP contribution in [0.2, 0.25) is 5.02 Å². The Labute approximate surface area is 179 Å². The number of hydrogen-bond donors (Lipinski definition) is 2. The molecule has 1 amide bonds. The number of anilines is 2. The van der Waals surface area contributed by atoms with Crippen LogP contribution in [-0.2, 0) is 12.8 Å². The van der Waals surface area contributed by atoms with Crippen LogP contribution in [0.4, 0.5) is 15.8 Å². The number of aliphatic hydroxyl groups excluding tert-OH is 1. The molecule has 1 aliphatic heterocycles. The fourth-order valence-corrected chi connectivity index (χ4v) is 4.03. The van der Waals surface area contributed by atoms with Gasteiger partial charge in [-0.2, -0.15) is 0 Å². The number of carbonyl (C=O) groups excluding carboxylic acids is 1. The van der Waals surface area contributed by atoms with Gasteiger partial charge in [0.15, 0.2) is 0 Å². The van der Waals surface area contributed by atoms with Crippen molar-refractivity contribution in [3.05, 3.63) is 88.0 Å². The van der Waals surface area contributed by atoms with E-state index in [1.807, 2.05) is 18.2 Å². The lowest BCUT2D eigenvalue weighted by Gasteiger charge is -2.23. The molecule has 1 aromatic heterocycles. The van der Waals surface area contributed by atoms with Crippen molar-refractivity contribution in [2.75, 3.05) is 29.9 Å². The third kappa shape index (κ3) is 4.30. The Morgan fingerprint density at radius 3 is 2.90 bits per heavy atom. The van der Waals surface area contributed by atoms with E-state index in [1.165, 1.54) is 12.1 Å². The Bertz CT molecular complexity index is 1070. The average molecular weight is 426 g/mol. The quantitative estimate of drug-likeness (QED) is 0.624. The molecule has 0 saturated carbocycles. The number of aromatic nitrogens is 1. The molecule has 0 fully saturated rings. The summed E-state index contributed by atoms with van der Waals surface area (Å²) in [5.41, 5.74) is 4.59. The molecule has 0 atom stereocenters. The smallest absolute Gasteiger partial charge is 0.258 e. The Kier molecular flexibility index (Phi) is 5.97. The highest BCUT2D eigenvalue weighted by atomic mass is 35.5. The van der Waals surface area contributed by atoms with Gasteiger partial charge >= 0.3 is 0 Å². The number of rotatable bonds is 6. The predicted octanol–water partition coefficient (Wildman–Crippen LogP) is 4.07. The molecule has 5 nitrogen and oxygen atoms in total. The van der Waals surface area contributed by atoms with Crippen LogP contribution in [0.3, 0.4) is 0 Å². The van der Waals surface area contributed by atoms with Crippen molar-refractivity contribution in [2.24, 2.45) is 0 Å².